The second-order valence-electron chi connectivity index (χ2n) is 5.64. The summed E-state index contributed by atoms with van der Waals surface area (Å²) in [6, 6.07) is 13.4. The Labute approximate surface area is 140 Å². The van der Waals surface area contributed by atoms with E-state index >= 15 is 0 Å². The highest BCUT2D eigenvalue weighted by atomic mass is 35.5. The molecule has 1 saturated heterocycles. The minimum Gasteiger partial charge on any atom is -0.392 e. The first-order valence-corrected chi connectivity index (χ1v) is 8.07. The SMILES string of the molecule is O=C1CCCN1c1ccc(Cl)c(NCc2ccc(CO)cc2)c1. The van der Waals surface area contributed by atoms with Gasteiger partial charge in [-0.2, -0.15) is 0 Å². The van der Waals surface area contributed by atoms with E-state index in [2.05, 4.69) is 5.32 Å². The Balaban J connectivity index is 1.72. The van der Waals surface area contributed by atoms with Crippen LogP contribution in [0.25, 0.3) is 0 Å². The third-order valence-corrected chi connectivity index (χ3v) is 4.35. The van der Waals surface area contributed by atoms with Crippen LogP contribution in [0.2, 0.25) is 5.02 Å². The van der Waals surface area contributed by atoms with E-state index in [4.69, 9.17) is 16.7 Å². The van der Waals surface area contributed by atoms with Gasteiger partial charge in [-0.1, -0.05) is 35.9 Å². The van der Waals surface area contributed by atoms with E-state index in [9.17, 15) is 4.79 Å². The molecule has 0 atom stereocenters. The average molecular weight is 331 g/mol. The molecule has 0 aliphatic carbocycles. The maximum absolute atomic E-state index is 11.9. The highest BCUT2D eigenvalue weighted by Crippen LogP contribution is 2.30. The van der Waals surface area contributed by atoms with Crippen molar-refractivity contribution in [2.24, 2.45) is 0 Å². The van der Waals surface area contributed by atoms with Crippen molar-refractivity contribution >= 4 is 28.9 Å². The summed E-state index contributed by atoms with van der Waals surface area (Å²) in [4.78, 5) is 13.7. The van der Waals surface area contributed by atoms with Crippen LogP contribution in [-0.4, -0.2) is 17.6 Å². The molecule has 3 rings (SSSR count). The summed E-state index contributed by atoms with van der Waals surface area (Å²) in [5.74, 6) is 0.165. The molecule has 1 aliphatic heterocycles. The number of carbonyl (C=O) groups excluding carboxylic acids is 1. The second kappa shape index (κ2) is 7.02. The topological polar surface area (TPSA) is 52.6 Å². The van der Waals surface area contributed by atoms with Crippen LogP contribution in [0.15, 0.2) is 42.5 Å². The lowest BCUT2D eigenvalue weighted by molar-refractivity contribution is -0.117. The van der Waals surface area contributed by atoms with Crippen molar-refractivity contribution in [2.75, 3.05) is 16.8 Å². The molecule has 2 N–H and O–H groups in total. The molecule has 23 heavy (non-hydrogen) atoms. The van der Waals surface area contributed by atoms with E-state index < -0.39 is 0 Å². The number of benzene rings is 2. The van der Waals surface area contributed by atoms with Gasteiger partial charge in [-0.15, -0.1) is 0 Å². The minimum absolute atomic E-state index is 0.0471. The van der Waals surface area contributed by atoms with Crippen molar-refractivity contribution < 1.29 is 9.90 Å². The molecule has 2 aromatic rings. The molecule has 120 valence electrons. The smallest absolute Gasteiger partial charge is 0.227 e. The maximum Gasteiger partial charge on any atom is 0.227 e. The van der Waals surface area contributed by atoms with Gasteiger partial charge in [-0.25, -0.2) is 0 Å². The Morgan fingerprint density at radius 3 is 2.52 bits per heavy atom. The molecular formula is C18H19ClN2O2. The molecular weight excluding hydrogens is 312 g/mol. The summed E-state index contributed by atoms with van der Waals surface area (Å²) in [6.45, 7) is 1.44. The fourth-order valence-corrected chi connectivity index (χ4v) is 2.88. The number of anilines is 2. The monoisotopic (exact) mass is 330 g/mol. The molecule has 0 bridgehead atoms. The summed E-state index contributed by atoms with van der Waals surface area (Å²) in [5, 5.41) is 13.0. The lowest BCUT2D eigenvalue weighted by atomic mass is 10.1. The highest BCUT2D eigenvalue weighted by molar-refractivity contribution is 6.33. The molecule has 4 nitrogen and oxygen atoms in total. The average Bonchev–Trinajstić information content (AvgIpc) is 3.01. The molecule has 1 fully saturated rings. The van der Waals surface area contributed by atoms with Crippen LogP contribution < -0.4 is 10.2 Å². The van der Waals surface area contributed by atoms with Crippen LogP contribution >= 0.6 is 11.6 Å². The summed E-state index contributed by atoms with van der Waals surface area (Å²) in [7, 11) is 0. The fourth-order valence-electron chi connectivity index (χ4n) is 2.70. The molecule has 0 spiro atoms. The zero-order valence-electron chi connectivity index (χ0n) is 12.8. The van der Waals surface area contributed by atoms with Gasteiger partial charge in [0.15, 0.2) is 0 Å². The van der Waals surface area contributed by atoms with Gasteiger partial charge in [0, 0.05) is 25.2 Å². The summed E-state index contributed by atoms with van der Waals surface area (Å²) in [6.07, 6.45) is 1.52. The molecule has 1 aliphatic rings. The molecule has 2 aromatic carbocycles. The Hall–Kier alpha value is -2.04. The van der Waals surface area contributed by atoms with Gasteiger partial charge >= 0.3 is 0 Å². The van der Waals surface area contributed by atoms with Crippen LogP contribution in [0.1, 0.15) is 24.0 Å². The first-order valence-electron chi connectivity index (χ1n) is 7.70. The van der Waals surface area contributed by atoms with Gasteiger partial charge < -0.3 is 15.3 Å². The Kier molecular flexibility index (Phi) is 4.84. The summed E-state index contributed by atoms with van der Waals surface area (Å²) in [5.41, 5.74) is 3.69. The van der Waals surface area contributed by atoms with E-state index in [-0.39, 0.29) is 12.5 Å². The van der Waals surface area contributed by atoms with Gasteiger partial charge in [0.25, 0.3) is 0 Å². The van der Waals surface area contributed by atoms with Gasteiger partial charge in [-0.05, 0) is 35.7 Å². The predicted octanol–water partition coefficient (Wildman–Crippen LogP) is 3.57. The number of aliphatic hydroxyl groups excluding tert-OH is 1. The van der Waals surface area contributed by atoms with E-state index in [0.29, 0.717) is 18.0 Å². The largest absolute Gasteiger partial charge is 0.392 e. The van der Waals surface area contributed by atoms with E-state index in [0.717, 1.165) is 35.5 Å². The van der Waals surface area contributed by atoms with Crippen LogP contribution in [0.4, 0.5) is 11.4 Å². The van der Waals surface area contributed by atoms with Gasteiger partial charge in [0.05, 0.1) is 17.3 Å². The Morgan fingerprint density at radius 2 is 1.87 bits per heavy atom. The zero-order chi connectivity index (χ0) is 16.2. The number of rotatable bonds is 5. The molecule has 1 amide bonds. The number of aliphatic hydroxyl groups is 1. The quantitative estimate of drug-likeness (QED) is 0.881. The molecule has 0 unspecified atom stereocenters. The van der Waals surface area contributed by atoms with Crippen LogP contribution in [0, 0.1) is 0 Å². The Bertz CT molecular complexity index is 701. The molecule has 0 aromatic heterocycles. The Morgan fingerprint density at radius 1 is 1.13 bits per heavy atom. The fraction of sp³-hybridized carbons (Fsp3) is 0.278. The normalized spacial score (nSPS) is 14.3. The van der Waals surface area contributed by atoms with Crippen molar-refractivity contribution in [1.82, 2.24) is 0 Å². The van der Waals surface area contributed by atoms with Gasteiger partial charge in [0.1, 0.15) is 0 Å². The van der Waals surface area contributed by atoms with Crippen molar-refractivity contribution in [3.05, 3.63) is 58.6 Å². The first kappa shape index (κ1) is 15.8. The number of nitrogens with one attached hydrogen (secondary N) is 1. The first-order chi connectivity index (χ1) is 11.2. The number of nitrogens with zero attached hydrogens (tertiary/aromatic N) is 1. The molecule has 1 heterocycles. The minimum atomic E-state index is 0.0471. The van der Waals surface area contributed by atoms with Crippen molar-refractivity contribution in [2.45, 2.75) is 26.0 Å². The van der Waals surface area contributed by atoms with Crippen molar-refractivity contribution in [3.8, 4) is 0 Å². The molecule has 0 saturated carbocycles. The van der Waals surface area contributed by atoms with Crippen LogP contribution in [-0.2, 0) is 17.9 Å². The zero-order valence-corrected chi connectivity index (χ0v) is 13.5. The summed E-state index contributed by atoms with van der Waals surface area (Å²) < 4.78 is 0. The summed E-state index contributed by atoms with van der Waals surface area (Å²) >= 11 is 6.25. The number of hydrogen-bond acceptors (Lipinski definition) is 3. The predicted molar refractivity (Wildman–Crippen MR) is 92.7 cm³/mol. The number of hydrogen-bond donors (Lipinski definition) is 2. The third-order valence-electron chi connectivity index (χ3n) is 4.02. The van der Waals surface area contributed by atoms with E-state index in [1.807, 2.05) is 42.5 Å². The van der Waals surface area contributed by atoms with Crippen molar-refractivity contribution in [1.29, 1.82) is 0 Å². The maximum atomic E-state index is 11.9. The van der Waals surface area contributed by atoms with Gasteiger partial charge in [-0.3, -0.25) is 4.79 Å². The highest BCUT2D eigenvalue weighted by Gasteiger charge is 2.22. The van der Waals surface area contributed by atoms with Crippen LogP contribution in [0.5, 0.6) is 0 Å². The van der Waals surface area contributed by atoms with Gasteiger partial charge in [0.2, 0.25) is 5.91 Å². The van der Waals surface area contributed by atoms with Crippen molar-refractivity contribution in [3.63, 3.8) is 0 Å². The third kappa shape index (κ3) is 3.66. The lowest BCUT2D eigenvalue weighted by Gasteiger charge is -2.18. The number of halogens is 1. The molecule has 5 heteroatoms. The van der Waals surface area contributed by atoms with Crippen LogP contribution in [0.3, 0.4) is 0 Å². The van der Waals surface area contributed by atoms with E-state index in [1.54, 1.807) is 4.90 Å². The number of amides is 1. The van der Waals surface area contributed by atoms with E-state index in [1.165, 1.54) is 0 Å². The standard InChI is InChI=1S/C18H19ClN2O2/c19-16-8-7-15(21-9-1-2-18(21)23)10-17(16)20-11-13-3-5-14(12-22)6-4-13/h3-8,10,20,22H,1-2,9,11-12H2. The molecule has 0 radical (unpaired) electrons. The number of carbonyl (C=O) groups is 1. The lowest BCUT2D eigenvalue weighted by Crippen LogP contribution is -2.23. The second-order valence-corrected chi connectivity index (χ2v) is 6.05.